The lowest BCUT2D eigenvalue weighted by molar-refractivity contribution is 0.365. The molecule has 2 heteroatoms. The van der Waals surface area contributed by atoms with Crippen LogP contribution in [0, 0.1) is 6.20 Å². The Labute approximate surface area is 53.5 Å². The van der Waals surface area contributed by atoms with E-state index in [-0.39, 0.29) is 0 Å². The first-order valence-corrected chi connectivity index (χ1v) is 2.78. The number of hydrogen-bond acceptors (Lipinski definition) is 1. The van der Waals surface area contributed by atoms with Crippen molar-refractivity contribution in [1.29, 1.82) is 0 Å². The molecular weight excluding hydrogens is 117 g/mol. The van der Waals surface area contributed by atoms with Gasteiger partial charge in [0, 0.05) is 0 Å². The maximum atomic E-state index is 12.4. The Kier molecular flexibility index (Phi) is 1.78. The Bertz CT molecular complexity index is 172. The van der Waals surface area contributed by atoms with Gasteiger partial charge in [-0.15, -0.1) is 0 Å². The minimum Gasteiger partial charge on any atom is -0.248 e. The number of alkyl halides is 1. The van der Waals surface area contributed by atoms with E-state index in [2.05, 4.69) is 11.2 Å². The topological polar surface area (TPSA) is 12.9 Å². The zero-order valence-electron chi connectivity index (χ0n) is 5.13. The summed E-state index contributed by atoms with van der Waals surface area (Å²) in [6.07, 6.45) is 1.57. The van der Waals surface area contributed by atoms with E-state index in [9.17, 15) is 4.39 Å². The molecule has 47 valence electrons. The van der Waals surface area contributed by atoms with Crippen molar-refractivity contribution in [3.63, 3.8) is 0 Å². The van der Waals surface area contributed by atoms with E-state index in [1.54, 1.807) is 18.2 Å². The third-order valence-corrected chi connectivity index (χ3v) is 1.04. The average molecular weight is 124 g/mol. The van der Waals surface area contributed by atoms with Crippen LogP contribution in [0.4, 0.5) is 4.39 Å². The van der Waals surface area contributed by atoms with Crippen LogP contribution < -0.4 is 0 Å². The molecule has 1 rings (SSSR count). The highest BCUT2D eigenvalue weighted by atomic mass is 19.1. The summed E-state index contributed by atoms with van der Waals surface area (Å²) in [5.41, 5.74) is 0.442. The van der Waals surface area contributed by atoms with Crippen molar-refractivity contribution in [2.75, 3.05) is 0 Å². The average Bonchev–Trinajstić information content (AvgIpc) is 1.90. The van der Waals surface area contributed by atoms with Gasteiger partial charge in [0.05, 0.1) is 11.9 Å². The fourth-order valence-corrected chi connectivity index (χ4v) is 0.560. The summed E-state index contributed by atoms with van der Waals surface area (Å²) in [5, 5.41) is 0. The molecule has 1 aromatic heterocycles. The van der Waals surface area contributed by atoms with Crippen molar-refractivity contribution < 1.29 is 4.39 Å². The quantitative estimate of drug-likeness (QED) is 0.557. The number of nitrogens with zero attached hydrogens (tertiary/aromatic N) is 1. The molecule has 9 heavy (non-hydrogen) atoms. The lowest BCUT2D eigenvalue weighted by Crippen LogP contribution is -1.87. The maximum Gasteiger partial charge on any atom is 0.139 e. The summed E-state index contributed by atoms with van der Waals surface area (Å²) >= 11 is 0. The largest absolute Gasteiger partial charge is 0.248 e. The van der Waals surface area contributed by atoms with Gasteiger partial charge < -0.3 is 0 Å². The summed E-state index contributed by atoms with van der Waals surface area (Å²) in [5.74, 6) is 0. The molecule has 1 aromatic rings. The molecule has 0 aliphatic rings. The molecule has 0 fully saturated rings. The standard InChI is InChI=1S/C7H7FN/c1-6(8)7-4-2-3-5-9-7/h2-4,6H,1H3. The van der Waals surface area contributed by atoms with Crippen LogP contribution in [-0.2, 0) is 0 Å². The molecule has 0 saturated carbocycles. The zero-order chi connectivity index (χ0) is 6.69. The van der Waals surface area contributed by atoms with Gasteiger partial charge in [-0.25, -0.2) is 9.37 Å². The number of hydrogen-bond donors (Lipinski definition) is 0. The Hall–Kier alpha value is -0.920. The highest BCUT2D eigenvalue weighted by Gasteiger charge is 2.00. The van der Waals surface area contributed by atoms with Crippen molar-refractivity contribution in [2.45, 2.75) is 13.1 Å². The highest BCUT2D eigenvalue weighted by molar-refractivity contribution is 5.04. The smallest absolute Gasteiger partial charge is 0.139 e. The molecule has 0 spiro atoms. The molecule has 0 N–H and O–H groups in total. The molecule has 1 atom stereocenters. The van der Waals surface area contributed by atoms with Gasteiger partial charge in [-0.2, -0.15) is 0 Å². The second-order valence-electron chi connectivity index (χ2n) is 1.81. The second kappa shape index (κ2) is 2.58. The van der Waals surface area contributed by atoms with Crippen molar-refractivity contribution in [2.24, 2.45) is 0 Å². The van der Waals surface area contributed by atoms with Gasteiger partial charge in [0.25, 0.3) is 0 Å². The lowest BCUT2D eigenvalue weighted by atomic mass is 10.3. The monoisotopic (exact) mass is 124 g/mol. The Morgan fingerprint density at radius 1 is 1.78 bits per heavy atom. The van der Waals surface area contributed by atoms with Crippen LogP contribution in [-0.4, -0.2) is 4.98 Å². The van der Waals surface area contributed by atoms with Crippen LogP contribution in [0.2, 0.25) is 0 Å². The van der Waals surface area contributed by atoms with Crippen molar-refractivity contribution in [1.82, 2.24) is 4.98 Å². The van der Waals surface area contributed by atoms with Crippen LogP contribution in [0.15, 0.2) is 18.2 Å². The van der Waals surface area contributed by atoms with Crippen molar-refractivity contribution in [3.05, 3.63) is 30.1 Å². The highest BCUT2D eigenvalue weighted by Crippen LogP contribution is 2.10. The van der Waals surface area contributed by atoms with Crippen LogP contribution >= 0.6 is 0 Å². The van der Waals surface area contributed by atoms with E-state index >= 15 is 0 Å². The number of halogens is 1. The van der Waals surface area contributed by atoms with Gasteiger partial charge in [-0.05, 0) is 19.1 Å². The molecule has 1 radical (unpaired) electrons. The number of pyridine rings is 1. The van der Waals surface area contributed by atoms with Crippen molar-refractivity contribution in [3.8, 4) is 0 Å². The van der Waals surface area contributed by atoms with Gasteiger partial charge in [0.1, 0.15) is 6.17 Å². The molecular formula is C7H7FN. The Morgan fingerprint density at radius 3 is 2.89 bits per heavy atom. The van der Waals surface area contributed by atoms with Gasteiger partial charge in [0.15, 0.2) is 0 Å². The first-order valence-electron chi connectivity index (χ1n) is 2.78. The first-order chi connectivity index (χ1) is 4.30. The molecule has 0 bridgehead atoms. The Balaban J connectivity index is 2.85. The SMILES string of the molecule is CC(F)c1ccc[c]n1. The summed E-state index contributed by atoms with van der Waals surface area (Å²) in [7, 11) is 0. The first kappa shape index (κ1) is 6.20. The molecule has 1 unspecified atom stereocenters. The Morgan fingerprint density at radius 2 is 2.56 bits per heavy atom. The zero-order valence-corrected chi connectivity index (χ0v) is 5.13. The van der Waals surface area contributed by atoms with Gasteiger partial charge in [-0.1, -0.05) is 6.07 Å². The van der Waals surface area contributed by atoms with Crippen LogP contribution in [0.25, 0.3) is 0 Å². The minimum atomic E-state index is -0.984. The van der Waals surface area contributed by atoms with E-state index in [4.69, 9.17) is 0 Å². The van der Waals surface area contributed by atoms with E-state index in [1.807, 2.05) is 0 Å². The van der Waals surface area contributed by atoms with Gasteiger partial charge in [-0.3, -0.25) is 0 Å². The van der Waals surface area contributed by atoms with E-state index < -0.39 is 6.17 Å². The minimum absolute atomic E-state index is 0.442. The second-order valence-corrected chi connectivity index (χ2v) is 1.81. The number of aromatic nitrogens is 1. The molecule has 1 heterocycles. The van der Waals surface area contributed by atoms with Crippen LogP contribution in [0.1, 0.15) is 18.8 Å². The molecule has 0 aliphatic heterocycles. The third-order valence-electron chi connectivity index (χ3n) is 1.04. The summed E-state index contributed by atoms with van der Waals surface area (Å²) in [6, 6.07) is 5.01. The van der Waals surface area contributed by atoms with E-state index in [0.717, 1.165) is 0 Å². The van der Waals surface area contributed by atoms with Crippen LogP contribution in [0.3, 0.4) is 0 Å². The maximum absolute atomic E-state index is 12.4. The summed E-state index contributed by atoms with van der Waals surface area (Å²) < 4.78 is 12.4. The predicted molar refractivity (Wildman–Crippen MR) is 32.6 cm³/mol. The molecule has 0 amide bonds. The van der Waals surface area contributed by atoms with E-state index in [0.29, 0.717) is 5.69 Å². The molecule has 0 aliphatic carbocycles. The van der Waals surface area contributed by atoms with Gasteiger partial charge >= 0.3 is 0 Å². The normalized spacial score (nSPS) is 13.1. The molecule has 0 aromatic carbocycles. The lowest BCUT2D eigenvalue weighted by Gasteiger charge is -1.96. The van der Waals surface area contributed by atoms with Gasteiger partial charge in [0.2, 0.25) is 0 Å². The third kappa shape index (κ3) is 1.49. The predicted octanol–water partition coefficient (Wildman–Crippen LogP) is 1.91. The van der Waals surface area contributed by atoms with E-state index in [1.165, 1.54) is 6.92 Å². The molecule has 0 saturated heterocycles. The van der Waals surface area contributed by atoms with Crippen LogP contribution in [0.5, 0.6) is 0 Å². The molecule has 1 nitrogen and oxygen atoms in total. The summed E-state index contributed by atoms with van der Waals surface area (Å²) in [4.78, 5) is 3.68. The summed E-state index contributed by atoms with van der Waals surface area (Å²) in [6.45, 7) is 1.45. The number of rotatable bonds is 1. The fraction of sp³-hybridized carbons (Fsp3) is 0.286. The van der Waals surface area contributed by atoms with Crippen molar-refractivity contribution >= 4 is 0 Å². The fourth-order valence-electron chi connectivity index (χ4n) is 0.560.